The van der Waals surface area contributed by atoms with Crippen LogP contribution in [0.4, 0.5) is 0 Å². The molecular weight excluding hydrogens is 268 g/mol. The van der Waals surface area contributed by atoms with Crippen LogP contribution in [0.15, 0.2) is 41.0 Å². The number of carbonyl (C=O) groups is 1. The van der Waals surface area contributed by atoms with Crippen molar-refractivity contribution in [2.75, 3.05) is 0 Å². The molecule has 3 nitrogen and oxygen atoms in total. The minimum absolute atomic E-state index is 0.0376. The van der Waals surface area contributed by atoms with Crippen molar-refractivity contribution >= 4 is 21.7 Å². The van der Waals surface area contributed by atoms with E-state index >= 15 is 0 Å². The first-order chi connectivity index (χ1) is 7.70. The number of H-pyrrole nitrogens is 1. The van der Waals surface area contributed by atoms with Crippen molar-refractivity contribution in [3.8, 4) is 0 Å². The fraction of sp³-hybridized carbons (Fsp3) is 0.167. The average molecular weight is 279 g/mol. The molecule has 1 N–H and O–H groups in total. The second-order valence-electron chi connectivity index (χ2n) is 3.59. The van der Waals surface area contributed by atoms with Gasteiger partial charge in [-0.2, -0.15) is 5.10 Å². The number of carbonyl (C=O) groups excluding carboxylic acids is 1. The SMILES string of the molecule is CC(C(=O)c1[nH]ncc1Br)c1ccccc1. The summed E-state index contributed by atoms with van der Waals surface area (Å²) in [6.07, 6.45) is 1.59. The highest BCUT2D eigenvalue weighted by Crippen LogP contribution is 2.23. The highest BCUT2D eigenvalue weighted by atomic mass is 79.9. The molecular formula is C12H11BrN2O. The molecule has 82 valence electrons. The van der Waals surface area contributed by atoms with Gasteiger partial charge in [-0.05, 0) is 21.5 Å². The van der Waals surface area contributed by atoms with E-state index < -0.39 is 0 Å². The maximum Gasteiger partial charge on any atom is 0.188 e. The Balaban J connectivity index is 2.27. The second-order valence-corrected chi connectivity index (χ2v) is 4.44. The lowest BCUT2D eigenvalue weighted by molar-refractivity contribution is 0.0960. The molecule has 1 aromatic carbocycles. The molecule has 1 atom stereocenters. The molecule has 16 heavy (non-hydrogen) atoms. The van der Waals surface area contributed by atoms with Gasteiger partial charge in [-0.15, -0.1) is 0 Å². The summed E-state index contributed by atoms with van der Waals surface area (Å²) in [5.41, 5.74) is 1.53. The maximum atomic E-state index is 12.1. The third-order valence-electron chi connectivity index (χ3n) is 2.53. The van der Waals surface area contributed by atoms with Crippen molar-refractivity contribution in [2.45, 2.75) is 12.8 Å². The Hall–Kier alpha value is -1.42. The van der Waals surface area contributed by atoms with Crippen LogP contribution in [0.2, 0.25) is 0 Å². The molecule has 1 aromatic heterocycles. The van der Waals surface area contributed by atoms with Gasteiger partial charge >= 0.3 is 0 Å². The molecule has 0 amide bonds. The molecule has 1 heterocycles. The van der Waals surface area contributed by atoms with Gasteiger partial charge in [-0.1, -0.05) is 37.3 Å². The van der Waals surface area contributed by atoms with Crippen molar-refractivity contribution in [2.24, 2.45) is 0 Å². The number of rotatable bonds is 3. The number of hydrogen-bond donors (Lipinski definition) is 1. The highest BCUT2D eigenvalue weighted by Gasteiger charge is 2.20. The predicted molar refractivity (Wildman–Crippen MR) is 65.5 cm³/mol. The van der Waals surface area contributed by atoms with E-state index in [1.165, 1.54) is 0 Å². The average Bonchev–Trinajstić information content (AvgIpc) is 2.75. The Morgan fingerprint density at radius 1 is 1.38 bits per heavy atom. The first kappa shape index (κ1) is 11.1. The second kappa shape index (κ2) is 4.61. The molecule has 0 spiro atoms. The molecule has 0 saturated heterocycles. The molecule has 4 heteroatoms. The molecule has 2 aromatic rings. The van der Waals surface area contributed by atoms with Gasteiger partial charge in [0.25, 0.3) is 0 Å². The van der Waals surface area contributed by atoms with Gasteiger partial charge in [0, 0.05) is 5.92 Å². The molecule has 2 rings (SSSR count). The standard InChI is InChI=1S/C12H11BrN2O/c1-8(9-5-3-2-4-6-9)12(16)11-10(13)7-14-15-11/h2-8H,1H3,(H,14,15). The summed E-state index contributed by atoms with van der Waals surface area (Å²) >= 11 is 3.29. The Morgan fingerprint density at radius 2 is 2.06 bits per heavy atom. The smallest absolute Gasteiger partial charge is 0.188 e. The van der Waals surface area contributed by atoms with Crippen molar-refractivity contribution in [1.29, 1.82) is 0 Å². The van der Waals surface area contributed by atoms with Crippen LogP contribution in [0.5, 0.6) is 0 Å². The Bertz CT molecular complexity index is 493. The summed E-state index contributed by atoms with van der Waals surface area (Å²) in [6, 6.07) is 9.70. The zero-order valence-corrected chi connectivity index (χ0v) is 10.4. The van der Waals surface area contributed by atoms with Gasteiger partial charge < -0.3 is 0 Å². The van der Waals surface area contributed by atoms with E-state index in [1.54, 1.807) is 6.20 Å². The summed E-state index contributed by atoms with van der Waals surface area (Å²) in [6.45, 7) is 1.89. The van der Waals surface area contributed by atoms with Gasteiger partial charge in [-0.25, -0.2) is 0 Å². The van der Waals surface area contributed by atoms with Gasteiger partial charge in [-0.3, -0.25) is 9.89 Å². The van der Waals surface area contributed by atoms with E-state index in [0.717, 1.165) is 5.56 Å². The van der Waals surface area contributed by atoms with Gasteiger partial charge in [0.05, 0.1) is 10.7 Å². The normalized spacial score (nSPS) is 12.4. The molecule has 0 bridgehead atoms. The molecule has 1 unspecified atom stereocenters. The van der Waals surface area contributed by atoms with Crippen LogP contribution in [-0.4, -0.2) is 16.0 Å². The fourth-order valence-corrected chi connectivity index (χ4v) is 1.94. The minimum Gasteiger partial charge on any atom is -0.292 e. The fourth-order valence-electron chi connectivity index (χ4n) is 1.55. The van der Waals surface area contributed by atoms with E-state index in [0.29, 0.717) is 10.2 Å². The monoisotopic (exact) mass is 278 g/mol. The summed E-state index contributed by atoms with van der Waals surface area (Å²) in [7, 11) is 0. The van der Waals surface area contributed by atoms with Crippen LogP contribution in [-0.2, 0) is 0 Å². The van der Waals surface area contributed by atoms with Crippen LogP contribution < -0.4 is 0 Å². The molecule has 0 radical (unpaired) electrons. The van der Waals surface area contributed by atoms with E-state index in [1.807, 2.05) is 37.3 Å². The number of benzene rings is 1. The number of nitrogens with one attached hydrogen (secondary N) is 1. The number of Topliss-reactive ketones (excluding diaryl/α,β-unsaturated/α-hetero) is 1. The lowest BCUT2D eigenvalue weighted by Crippen LogP contribution is -2.10. The summed E-state index contributed by atoms with van der Waals surface area (Å²) in [5, 5.41) is 6.54. The molecule has 0 aliphatic carbocycles. The first-order valence-corrected chi connectivity index (χ1v) is 5.77. The third kappa shape index (κ3) is 2.07. The van der Waals surface area contributed by atoms with Crippen molar-refractivity contribution in [3.63, 3.8) is 0 Å². The lowest BCUT2D eigenvalue weighted by atomic mass is 9.95. The number of ketones is 1. The van der Waals surface area contributed by atoms with Crippen molar-refractivity contribution in [1.82, 2.24) is 10.2 Å². The third-order valence-corrected chi connectivity index (χ3v) is 3.13. The zero-order valence-electron chi connectivity index (χ0n) is 8.77. The van der Waals surface area contributed by atoms with Crippen LogP contribution in [0.3, 0.4) is 0 Å². The molecule has 0 fully saturated rings. The number of nitrogens with zero attached hydrogens (tertiary/aromatic N) is 1. The van der Waals surface area contributed by atoms with Gasteiger partial charge in [0.1, 0.15) is 5.69 Å². The van der Waals surface area contributed by atoms with Crippen molar-refractivity contribution < 1.29 is 4.79 Å². The van der Waals surface area contributed by atoms with Crippen LogP contribution in [0.1, 0.15) is 28.9 Å². The maximum absolute atomic E-state index is 12.1. The Kier molecular flexibility index (Phi) is 3.19. The van der Waals surface area contributed by atoms with Gasteiger partial charge in [0.2, 0.25) is 0 Å². The first-order valence-electron chi connectivity index (χ1n) is 4.98. The zero-order chi connectivity index (χ0) is 11.5. The largest absolute Gasteiger partial charge is 0.292 e. The predicted octanol–water partition coefficient (Wildman–Crippen LogP) is 3.16. The highest BCUT2D eigenvalue weighted by molar-refractivity contribution is 9.10. The van der Waals surface area contributed by atoms with E-state index in [4.69, 9.17) is 0 Å². The number of aromatic nitrogens is 2. The number of hydrogen-bond acceptors (Lipinski definition) is 2. The summed E-state index contributed by atoms with van der Waals surface area (Å²) in [5.74, 6) is -0.131. The number of halogens is 1. The van der Waals surface area contributed by atoms with E-state index in [-0.39, 0.29) is 11.7 Å². The summed E-state index contributed by atoms with van der Waals surface area (Å²) in [4.78, 5) is 12.1. The van der Waals surface area contributed by atoms with Crippen LogP contribution in [0, 0.1) is 0 Å². The van der Waals surface area contributed by atoms with E-state index in [2.05, 4.69) is 26.1 Å². The van der Waals surface area contributed by atoms with Crippen LogP contribution >= 0.6 is 15.9 Å². The molecule has 0 aliphatic heterocycles. The topological polar surface area (TPSA) is 45.8 Å². The number of aromatic amines is 1. The Morgan fingerprint density at radius 3 is 2.62 bits per heavy atom. The Labute approximate surface area is 102 Å². The van der Waals surface area contributed by atoms with E-state index in [9.17, 15) is 4.79 Å². The van der Waals surface area contributed by atoms with Crippen LogP contribution in [0.25, 0.3) is 0 Å². The van der Waals surface area contributed by atoms with Gasteiger partial charge in [0.15, 0.2) is 5.78 Å². The molecule has 0 aliphatic rings. The summed E-state index contributed by atoms with van der Waals surface area (Å²) < 4.78 is 0.709. The quantitative estimate of drug-likeness (QED) is 0.877. The molecule has 0 saturated carbocycles. The van der Waals surface area contributed by atoms with Crippen molar-refractivity contribution in [3.05, 3.63) is 52.3 Å². The minimum atomic E-state index is -0.169. The lowest BCUT2D eigenvalue weighted by Gasteiger charge is -2.09.